The van der Waals surface area contributed by atoms with Gasteiger partial charge in [-0.1, -0.05) is 37.3 Å². The summed E-state index contributed by atoms with van der Waals surface area (Å²) in [6, 6.07) is 14.8. The number of aryl methyl sites for hydroxylation is 2. The minimum atomic E-state index is -0.697. The van der Waals surface area contributed by atoms with E-state index in [2.05, 4.69) is 10.9 Å². The Hall–Kier alpha value is -3.02. The number of hydrogen-bond donors (Lipinski definition) is 2. The second-order valence-electron chi connectivity index (χ2n) is 5.92. The molecule has 26 heavy (non-hydrogen) atoms. The van der Waals surface area contributed by atoms with Crippen LogP contribution in [0, 0.1) is 13.8 Å². The van der Waals surface area contributed by atoms with E-state index in [-0.39, 0.29) is 6.61 Å². The summed E-state index contributed by atoms with van der Waals surface area (Å²) in [7, 11) is 0. The normalized spacial score (nSPS) is 11.3. The zero-order chi connectivity index (χ0) is 18.9. The maximum absolute atomic E-state index is 12.2. The molecule has 2 amide bonds. The highest BCUT2D eigenvalue weighted by molar-refractivity contribution is 5.85. The number of ether oxygens (including phenoxy) is 2. The summed E-state index contributed by atoms with van der Waals surface area (Å²) < 4.78 is 11.1. The average Bonchev–Trinajstić information content (AvgIpc) is 2.65. The summed E-state index contributed by atoms with van der Waals surface area (Å²) in [6.45, 7) is 5.49. The van der Waals surface area contributed by atoms with Crippen LogP contribution in [-0.2, 0) is 9.59 Å². The highest BCUT2D eigenvalue weighted by Gasteiger charge is 2.19. The van der Waals surface area contributed by atoms with Crippen LogP contribution in [0.4, 0.5) is 0 Å². The predicted molar refractivity (Wildman–Crippen MR) is 98.8 cm³/mol. The Bertz CT molecular complexity index is 747. The van der Waals surface area contributed by atoms with Crippen LogP contribution in [0.3, 0.4) is 0 Å². The molecule has 0 fully saturated rings. The Balaban J connectivity index is 1.80. The first-order chi connectivity index (χ1) is 12.5. The van der Waals surface area contributed by atoms with Crippen molar-refractivity contribution in [1.29, 1.82) is 0 Å². The average molecular weight is 356 g/mol. The molecule has 0 saturated carbocycles. The van der Waals surface area contributed by atoms with Crippen LogP contribution in [0.1, 0.15) is 24.5 Å². The number of benzene rings is 2. The van der Waals surface area contributed by atoms with Gasteiger partial charge in [-0.25, -0.2) is 0 Å². The molecule has 0 unspecified atom stereocenters. The van der Waals surface area contributed by atoms with Gasteiger partial charge in [0.2, 0.25) is 0 Å². The highest BCUT2D eigenvalue weighted by Crippen LogP contribution is 2.18. The van der Waals surface area contributed by atoms with Crippen LogP contribution < -0.4 is 20.3 Å². The van der Waals surface area contributed by atoms with Crippen LogP contribution in [0.25, 0.3) is 0 Å². The number of carbonyl (C=O) groups excluding carboxylic acids is 2. The number of hydrogen-bond acceptors (Lipinski definition) is 4. The van der Waals surface area contributed by atoms with Crippen molar-refractivity contribution in [2.45, 2.75) is 33.3 Å². The summed E-state index contributed by atoms with van der Waals surface area (Å²) in [5, 5.41) is 0. The third kappa shape index (κ3) is 5.81. The minimum Gasteiger partial charge on any atom is -0.483 e. The van der Waals surface area contributed by atoms with Gasteiger partial charge in [0.25, 0.3) is 11.8 Å². The zero-order valence-corrected chi connectivity index (χ0v) is 15.2. The maximum Gasteiger partial charge on any atom is 0.279 e. The number of para-hydroxylation sites is 1. The molecule has 0 aromatic heterocycles. The summed E-state index contributed by atoms with van der Waals surface area (Å²) >= 11 is 0. The Kier molecular flexibility index (Phi) is 7.02. The lowest BCUT2D eigenvalue weighted by atomic mass is 10.1. The molecule has 2 aromatic rings. The molecule has 2 N–H and O–H groups in total. The van der Waals surface area contributed by atoms with Crippen LogP contribution in [0.2, 0.25) is 0 Å². The SMILES string of the molecule is CC[C@H](Oc1ccccc1)C(=O)NNC(=O)COc1cc(C)ccc1C. The number of amides is 2. The van der Waals surface area contributed by atoms with E-state index in [1.807, 2.05) is 57.2 Å². The molecule has 0 bridgehead atoms. The van der Waals surface area contributed by atoms with Gasteiger partial charge in [0.05, 0.1) is 0 Å². The molecule has 0 radical (unpaired) electrons. The van der Waals surface area contributed by atoms with Crippen molar-refractivity contribution in [3.8, 4) is 11.5 Å². The lowest BCUT2D eigenvalue weighted by Crippen LogP contribution is -2.49. The van der Waals surface area contributed by atoms with Gasteiger partial charge in [-0.3, -0.25) is 20.4 Å². The second-order valence-corrected chi connectivity index (χ2v) is 5.92. The highest BCUT2D eigenvalue weighted by atomic mass is 16.5. The summed E-state index contributed by atoms with van der Waals surface area (Å²) in [5.41, 5.74) is 6.70. The first-order valence-electron chi connectivity index (χ1n) is 8.50. The monoisotopic (exact) mass is 356 g/mol. The third-order valence-corrected chi connectivity index (χ3v) is 3.71. The fourth-order valence-corrected chi connectivity index (χ4v) is 2.24. The summed E-state index contributed by atoms with van der Waals surface area (Å²) in [4.78, 5) is 24.1. The minimum absolute atomic E-state index is 0.194. The number of nitrogens with one attached hydrogen (secondary N) is 2. The molecular weight excluding hydrogens is 332 g/mol. The van der Waals surface area contributed by atoms with E-state index in [1.165, 1.54) is 0 Å². The van der Waals surface area contributed by atoms with Crippen LogP contribution >= 0.6 is 0 Å². The molecular formula is C20H24N2O4. The molecule has 0 heterocycles. The van der Waals surface area contributed by atoms with Gasteiger partial charge in [-0.2, -0.15) is 0 Å². The van der Waals surface area contributed by atoms with Crippen molar-refractivity contribution in [2.75, 3.05) is 6.61 Å². The van der Waals surface area contributed by atoms with E-state index in [9.17, 15) is 9.59 Å². The van der Waals surface area contributed by atoms with Gasteiger partial charge in [0, 0.05) is 0 Å². The smallest absolute Gasteiger partial charge is 0.279 e. The fraction of sp³-hybridized carbons (Fsp3) is 0.300. The van der Waals surface area contributed by atoms with E-state index in [0.29, 0.717) is 17.9 Å². The Morgan fingerprint density at radius 1 is 1.04 bits per heavy atom. The fourth-order valence-electron chi connectivity index (χ4n) is 2.24. The largest absolute Gasteiger partial charge is 0.483 e. The molecule has 2 rings (SSSR count). The van der Waals surface area contributed by atoms with Gasteiger partial charge < -0.3 is 9.47 Å². The van der Waals surface area contributed by atoms with E-state index >= 15 is 0 Å². The van der Waals surface area contributed by atoms with Crippen molar-refractivity contribution in [3.63, 3.8) is 0 Å². The molecule has 0 spiro atoms. The number of rotatable bonds is 7. The van der Waals surface area contributed by atoms with Crippen molar-refractivity contribution in [3.05, 3.63) is 59.7 Å². The molecule has 6 heteroatoms. The van der Waals surface area contributed by atoms with Gasteiger partial charge >= 0.3 is 0 Å². The topological polar surface area (TPSA) is 76.7 Å². The van der Waals surface area contributed by atoms with Crippen LogP contribution in [0.15, 0.2) is 48.5 Å². The van der Waals surface area contributed by atoms with E-state index in [0.717, 1.165) is 11.1 Å². The van der Waals surface area contributed by atoms with Gasteiger partial charge in [-0.05, 0) is 49.6 Å². The Morgan fingerprint density at radius 2 is 1.77 bits per heavy atom. The standard InChI is InChI=1S/C20H24N2O4/c1-4-17(26-16-8-6-5-7-9-16)20(24)22-21-19(23)13-25-18-12-14(2)10-11-15(18)3/h5-12,17H,4,13H2,1-3H3,(H,21,23)(H,22,24)/t17-/m0/s1. The van der Waals surface area contributed by atoms with Crippen molar-refractivity contribution in [1.82, 2.24) is 10.9 Å². The lowest BCUT2D eigenvalue weighted by Gasteiger charge is -2.17. The van der Waals surface area contributed by atoms with Crippen LogP contribution in [-0.4, -0.2) is 24.5 Å². The molecule has 0 aliphatic carbocycles. The quantitative estimate of drug-likeness (QED) is 0.748. The number of hydrazine groups is 1. The molecule has 0 aliphatic heterocycles. The van der Waals surface area contributed by atoms with Crippen molar-refractivity contribution >= 4 is 11.8 Å². The van der Waals surface area contributed by atoms with Gasteiger partial charge in [-0.15, -0.1) is 0 Å². The molecule has 0 saturated heterocycles. The second kappa shape index (κ2) is 9.46. The lowest BCUT2D eigenvalue weighted by molar-refractivity contribution is -0.134. The molecule has 6 nitrogen and oxygen atoms in total. The first-order valence-corrected chi connectivity index (χ1v) is 8.50. The zero-order valence-electron chi connectivity index (χ0n) is 15.2. The van der Waals surface area contributed by atoms with Gasteiger partial charge in [0.15, 0.2) is 12.7 Å². The third-order valence-electron chi connectivity index (χ3n) is 3.71. The maximum atomic E-state index is 12.2. The van der Waals surface area contributed by atoms with Crippen LogP contribution in [0.5, 0.6) is 11.5 Å². The van der Waals surface area contributed by atoms with Gasteiger partial charge in [0.1, 0.15) is 11.5 Å². The molecule has 1 atom stereocenters. The molecule has 138 valence electrons. The first kappa shape index (κ1) is 19.3. The Morgan fingerprint density at radius 3 is 2.46 bits per heavy atom. The Labute approximate surface area is 153 Å². The summed E-state index contributed by atoms with van der Waals surface area (Å²) in [5.74, 6) is 0.370. The van der Waals surface area contributed by atoms with Crippen molar-refractivity contribution < 1.29 is 19.1 Å². The predicted octanol–water partition coefficient (Wildman–Crippen LogP) is 2.69. The van der Waals surface area contributed by atoms with E-state index < -0.39 is 17.9 Å². The molecule has 2 aromatic carbocycles. The van der Waals surface area contributed by atoms with Crippen molar-refractivity contribution in [2.24, 2.45) is 0 Å². The molecule has 0 aliphatic rings. The van der Waals surface area contributed by atoms with E-state index in [4.69, 9.17) is 9.47 Å². The van der Waals surface area contributed by atoms with E-state index in [1.54, 1.807) is 12.1 Å². The summed E-state index contributed by atoms with van der Waals surface area (Å²) in [6.07, 6.45) is -0.229. The number of carbonyl (C=O) groups is 2.